The Labute approximate surface area is 198 Å². The molecule has 1 N–H and O–H groups in total. The van der Waals surface area contributed by atoms with Crippen LogP contribution in [0.25, 0.3) is 27.8 Å². The van der Waals surface area contributed by atoms with E-state index in [4.69, 9.17) is 4.42 Å². The fourth-order valence-electron chi connectivity index (χ4n) is 4.40. The first-order valence-corrected chi connectivity index (χ1v) is 12.0. The highest BCUT2D eigenvalue weighted by Crippen LogP contribution is 2.34. The summed E-state index contributed by atoms with van der Waals surface area (Å²) in [4.78, 5) is 13.1. The molecule has 0 bridgehead atoms. The number of benzene rings is 2. The molecule has 0 spiro atoms. The summed E-state index contributed by atoms with van der Waals surface area (Å²) in [7, 11) is 0. The second kappa shape index (κ2) is 9.95. The van der Waals surface area contributed by atoms with Crippen molar-refractivity contribution in [1.82, 2.24) is 15.1 Å². The number of nitrogens with zero attached hydrogens (tertiary/aromatic N) is 2. The first-order valence-electron chi connectivity index (χ1n) is 12.0. The summed E-state index contributed by atoms with van der Waals surface area (Å²) in [5.41, 5.74) is 2.47. The summed E-state index contributed by atoms with van der Waals surface area (Å²) in [6.45, 7) is 8.99. The number of hydrogen-bond donors (Lipinski definition) is 1. The summed E-state index contributed by atoms with van der Waals surface area (Å²) in [6.07, 6.45) is 4.49. The fourth-order valence-corrected chi connectivity index (χ4v) is 4.40. The van der Waals surface area contributed by atoms with Gasteiger partial charge < -0.3 is 9.73 Å². The summed E-state index contributed by atoms with van der Waals surface area (Å²) in [6, 6.07) is 8.92. The van der Waals surface area contributed by atoms with Crippen molar-refractivity contribution in [2.75, 3.05) is 6.54 Å². The number of carbonyl (C=O) groups excluding carboxylic acids is 1. The number of aromatic nitrogens is 2. The summed E-state index contributed by atoms with van der Waals surface area (Å²) < 4.78 is 35.6. The highest BCUT2D eigenvalue weighted by Gasteiger charge is 2.25. The number of carbonyl (C=O) groups is 1. The lowest BCUT2D eigenvalue weighted by atomic mass is 9.93. The van der Waals surface area contributed by atoms with Gasteiger partial charge in [-0.05, 0) is 55.0 Å². The highest BCUT2D eigenvalue weighted by molar-refractivity contribution is 6.11. The van der Waals surface area contributed by atoms with Crippen molar-refractivity contribution >= 4 is 28.0 Å². The van der Waals surface area contributed by atoms with Crippen LogP contribution in [0.1, 0.15) is 62.5 Å². The highest BCUT2D eigenvalue weighted by atomic mass is 19.1. The maximum absolute atomic E-state index is 14.7. The minimum Gasteiger partial charge on any atom is -0.452 e. The number of fused-ring (bicyclic) bond motifs is 3. The van der Waals surface area contributed by atoms with E-state index in [2.05, 4.69) is 31.2 Å². The van der Waals surface area contributed by atoms with Gasteiger partial charge in [0.1, 0.15) is 22.6 Å². The number of nitrogens with one attached hydrogen (secondary N) is 1. The molecule has 1 amide bonds. The molecule has 0 saturated heterocycles. The number of amides is 1. The van der Waals surface area contributed by atoms with E-state index in [1.54, 1.807) is 0 Å². The van der Waals surface area contributed by atoms with Crippen LogP contribution in [-0.2, 0) is 0 Å². The minimum absolute atomic E-state index is 0.0484. The number of rotatable bonds is 9. The van der Waals surface area contributed by atoms with Gasteiger partial charge in [0.25, 0.3) is 5.91 Å². The van der Waals surface area contributed by atoms with Crippen LogP contribution in [0, 0.1) is 30.4 Å². The van der Waals surface area contributed by atoms with E-state index in [0.29, 0.717) is 34.9 Å². The van der Waals surface area contributed by atoms with E-state index in [0.717, 1.165) is 37.3 Å². The van der Waals surface area contributed by atoms with E-state index in [-0.39, 0.29) is 22.9 Å². The summed E-state index contributed by atoms with van der Waals surface area (Å²) in [5.74, 6) is -0.810. The van der Waals surface area contributed by atoms with Crippen LogP contribution < -0.4 is 5.32 Å². The molecule has 0 aliphatic rings. The minimum atomic E-state index is -0.771. The quantitative estimate of drug-likeness (QED) is 0.290. The Morgan fingerprint density at radius 1 is 1.12 bits per heavy atom. The molecule has 180 valence electrons. The Morgan fingerprint density at radius 2 is 1.88 bits per heavy atom. The molecule has 2 aromatic carbocycles. The maximum Gasteiger partial charge on any atom is 0.275 e. The molecule has 2 aromatic heterocycles. The first kappa shape index (κ1) is 23.9. The summed E-state index contributed by atoms with van der Waals surface area (Å²) in [5, 5.41) is 8.08. The Kier molecular flexibility index (Phi) is 7.00. The largest absolute Gasteiger partial charge is 0.452 e. The van der Waals surface area contributed by atoms with Gasteiger partial charge in [-0.2, -0.15) is 5.10 Å². The van der Waals surface area contributed by atoms with Gasteiger partial charge >= 0.3 is 0 Å². The molecule has 2 heterocycles. The second-order valence-corrected chi connectivity index (χ2v) is 9.21. The van der Waals surface area contributed by atoms with Crippen LogP contribution >= 0.6 is 0 Å². The smallest absolute Gasteiger partial charge is 0.275 e. The zero-order valence-electron chi connectivity index (χ0n) is 20.1. The van der Waals surface area contributed by atoms with Gasteiger partial charge in [0, 0.05) is 18.0 Å². The zero-order valence-corrected chi connectivity index (χ0v) is 20.1. The van der Waals surface area contributed by atoms with Crippen LogP contribution in [-0.4, -0.2) is 22.2 Å². The van der Waals surface area contributed by atoms with Crippen molar-refractivity contribution in [2.24, 2.45) is 11.8 Å². The van der Waals surface area contributed by atoms with Crippen molar-refractivity contribution in [3.63, 3.8) is 0 Å². The molecular weight excluding hydrogens is 436 g/mol. The van der Waals surface area contributed by atoms with Crippen LogP contribution in [0.3, 0.4) is 0 Å². The molecule has 5 nitrogen and oxygen atoms in total. The molecule has 34 heavy (non-hydrogen) atoms. The first-order chi connectivity index (χ1) is 16.3. The van der Waals surface area contributed by atoms with Gasteiger partial charge in [0.2, 0.25) is 0 Å². The average Bonchev–Trinajstić information content (AvgIpc) is 3.35. The normalized spacial score (nSPS) is 12.7. The zero-order chi connectivity index (χ0) is 24.4. The van der Waals surface area contributed by atoms with E-state index in [9.17, 15) is 13.6 Å². The molecule has 1 unspecified atom stereocenters. The van der Waals surface area contributed by atoms with Crippen molar-refractivity contribution in [3.05, 3.63) is 59.3 Å². The molecule has 0 aliphatic carbocycles. The maximum atomic E-state index is 14.7. The monoisotopic (exact) mass is 467 g/mol. The van der Waals surface area contributed by atoms with Crippen molar-refractivity contribution < 1.29 is 18.0 Å². The van der Waals surface area contributed by atoms with E-state index < -0.39 is 11.6 Å². The lowest BCUT2D eigenvalue weighted by molar-refractivity contribution is 0.0942. The molecule has 0 fully saturated rings. The third kappa shape index (κ3) is 4.69. The lowest BCUT2D eigenvalue weighted by Gasteiger charge is -2.16. The third-order valence-electron chi connectivity index (χ3n) is 6.63. The number of halogens is 2. The fraction of sp³-hybridized carbons (Fsp3) is 0.407. The van der Waals surface area contributed by atoms with Gasteiger partial charge in [-0.1, -0.05) is 46.1 Å². The topological polar surface area (TPSA) is 60.1 Å². The molecule has 0 aliphatic heterocycles. The third-order valence-corrected chi connectivity index (χ3v) is 6.63. The van der Waals surface area contributed by atoms with Gasteiger partial charge in [-0.25, -0.2) is 13.5 Å². The summed E-state index contributed by atoms with van der Waals surface area (Å²) >= 11 is 0. The Morgan fingerprint density at radius 3 is 2.59 bits per heavy atom. The van der Waals surface area contributed by atoms with Crippen LogP contribution in [0.5, 0.6) is 0 Å². The Hall–Kier alpha value is -3.22. The molecule has 4 aromatic rings. The Bertz CT molecular complexity index is 1320. The van der Waals surface area contributed by atoms with Gasteiger partial charge in [0.15, 0.2) is 17.1 Å². The second-order valence-electron chi connectivity index (χ2n) is 9.21. The predicted octanol–water partition coefficient (Wildman–Crippen LogP) is 6.94. The SMILES string of the molecule is CCC(CC)CCC(C)CNC(=O)c1nn(-c2ccc(F)cc2F)c2c1oc1cc(C)ccc12. The van der Waals surface area contributed by atoms with Crippen LogP contribution in [0.15, 0.2) is 40.8 Å². The van der Waals surface area contributed by atoms with Crippen molar-refractivity contribution in [1.29, 1.82) is 0 Å². The van der Waals surface area contributed by atoms with Crippen molar-refractivity contribution in [3.8, 4) is 5.69 Å². The number of hydrogen-bond acceptors (Lipinski definition) is 3. The van der Waals surface area contributed by atoms with Crippen LogP contribution in [0.4, 0.5) is 8.78 Å². The van der Waals surface area contributed by atoms with Crippen molar-refractivity contribution in [2.45, 2.75) is 53.4 Å². The van der Waals surface area contributed by atoms with Crippen LogP contribution in [0.2, 0.25) is 0 Å². The lowest BCUT2D eigenvalue weighted by Crippen LogP contribution is -2.29. The Balaban J connectivity index is 1.67. The molecule has 1 atom stereocenters. The van der Waals surface area contributed by atoms with E-state index >= 15 is 0 Å². The standard InChI is InChI=1S/C27H31F2N3O2/c1-5-18(6-2)9-7-17(4)15-30-27(33)24-26-25(20-11-8-16(3)13-23(20)34-26)32(31-24)22-12-10-19(28)14-21(22)29/h8,10-14,17-18H,5-7,9,15H2,1-4H3,(H,30,33). The number of furan rings is 1. The van der Waals surface area contributed by atoms with Gasteiger partial charge in [-0.15, -0.1) is 0 Å². The molecule has 4 rings (SSSR count). The molecule has 0 radical (unpaired) electrons. The molecule has 7 heteroatoms. The predicted molar refractivity (Wildman–Crippen MR) is 130 cm³/mol. The average molecular weight is 468 g/mol. The van der Waals surface area contributed by atoms with Gasteiger partial charge in [0.05, 0.1) is 0 Å². The molecule has 0 saturated carbocycles. The number of aryl methyl sites for hydroxylation is 1. The van der Waals surface area contributed by atoms with E-state index in [1.807, 2.05) is 25.1 Å². The molecular formula is C27H31F2N3O2. The van der Waals surface area contributed by atoms with E-state index in [1.165, 1.54) is 16.8 Å². The van der Waals surface area contributed by atoms with Gasteiger partial charge in [-0.3, -0.25) is 4.79 Å².